The van der Waals surface area contributed by atoms with E-state index in [4.69, 9.17) is 16.9 Å². The second kappa shape index (κ2) is 6.51. The molecule has 0 radical (unpaired) electrons. The molecule has 0 saturated heterocycles. The minimum Gasteiger partial charge on any atom is -0.325 e. The second-order valence-electron chi connectivity index (χ2n) is 3.12. The van der Waals surface area contributed by atoms with Crippen LogP contribution in [0.5, 0.6) is 0 Å². The number of carbonyl (C=O) groups excluding carboxylic acids is 1. The third kappa shape index (κ3) is 3.84. The fraction of sp³-hybridized carbons (Fsp3) is 0.273. The molecule has 1 rings (SSSR count). The highest BCUT2D eigenvalue weighted by Crippen LogP contribution is 2.13. The summed E-state index contributed by atoms with van der Waals surface area (Å²) in [5, 5.41) is 11.3. The van der Waals surface area contributed by atoms with Gasteiger partial charge in [-0.1, -0.05) is 15.9 Å². The van der Waals surface area contributed by atoms with Gasteiger partial charge in [-0.3, -0.25) is 4.79 Å². The molecule has 84 valence electrons. The third-order valence-electron chi connectivity index (χ3n) is 1.93. The van der Waals surface area contributed by atoms with E-state index >= 15 is 0 Å². The molecule has 3 nitrogen and oxygen atoms in total. The number of benzene rings is 1. The van der Waals surface area contributed by atoms with Gasteiger partial charge in [-0.25, -0.2) is 0 Å². The van der Waals surface area contributed by atoms with Gasteiger partial charge in [0.15, 0.2) is 0 Å². The van der Waals surface area contributed by atoms with Gasteiger partial charge in [0, 0.05) is 11.6 Å². The molecule has 1 atom stereocenters. The van der Waals surface area contributed by atoms with Gasteiger partial charge in [0.05, 0.1) is 16.5 Å². The van der Waals surface area contributed by atoms with Crippen LogP contribution in [-0.4, -0.2) is 16.6 Å². The predicted octanol–water partition coefficient (Wildman–Crippen LogP) is 2.89. The lowest BCUT2D eigenvalue weighted by Crippen LogP contribution is -2.23. The van der Waals surface area contributed by atoms with Crippen molar-refractivity contribution in [2.45, 2.75) is 11.2 Å². The summed E-state index contributed by atoms with van der Waals surface area (Å²) < 4.78 is 0. The molecule has 0 aliphatic carbocycles. The van der Waals surface area contributed by atoms with Crippen LogP contribution >= 0.6 is 27.5 Å². The molecular weight excluding hydrogens is 291 g/mol. The number of nitrogens with one attached hydrogen (secondary N) is 1. The first-order valence-electron chi connectivity index (χ1n) is 4.68. The Bertz CT molecular complexity index is 399. The van der Waals surface area contributed by atoms with Crippen molar-refractivity contribution in [2.24, 2.45) is 0 Å². The number of halogens is 2. The molecule has 1 N–H and O–H groups in total. The first kappa shape index (κ1) is 13.0. The van der Waals surface area contributed by atoms with E-state index in [1.165, 1.54) is 0 Å². The summed E-state index contributed by atoms with van der Waals surface area (Å²) in [6, 6.07) is 8.70. The topological polar surface area (TPSA) is 52.9 Å². The molecule has 1 aromatic rings. The van der Waals surface area contributed by atoms with Crippen molar-refractivity contribution in [3.63, 3.8) is 0 Å². The Morgan fingerprint density at radius 3 is 2.62 bits per heavy atom. The number of alkyl halides is 2. The molecule has 0 aliphatic heterocycles. The lowest BCUT2D eigenvalue weighted by atomic mass is 10.2. The Balaban J connectivity index is 2.60. The molecule has 0 saturated carbocycles. The van der Waals surface area contributed by atoms with Gasteiger partial charge in [-0.05, 0) is 30.7 Å². The molecule has 1 amide bonds. The SMILES string of the molecule is N#Cc1ccc(NC(=O)C(Br)CCCl)cc1. The van der Waals surface area contributed by atoms with Gasteiger partial charge in [-0.15, -0.1) is 11.6 Å². The molecule has 0 spiro atoms. The van der Waals surface area contributed by atoms with Crippen molar-refractivity contribution >= 4 is 39.1 Å². The Labute approximate surface area is 108 Å². The molecular formula is C11H10BrClN2O. The van der Waals surface area contributed by atoms with Crippen LogP contribution in [0.4, 0.5) is 5.69 Å². The minimum absolute atomic E-state index is 0.134. The van der Waals surface area contributed by atoms with Crippen LogP contribution in [0.25, 0.3) is 0 Å². The number of amides is 1. The van der Waals surface area contributed by atoms with E-state index in [2.05, 4.69) is 21.2 Å². The van der Waals surface area contributed by atoms with E-state index < -0.39 is 0 Å². The average Bonchev–Trinajstić information content (AvgIpc) is 2.30. The summed E-state index contributed by atoms with van der Waals surface area (Å²) in [6.45, 7) is 0. The van der Waals surface area contributed by atoms with Crippen molar-refractivity contribution in [3.05, 3.63) is 29.8 Å². The van der Waals surface area contributed by atoms with Crippen LogP contribution < -0.4 is 5.32 Å². The molecule has 1 aromatic carbocycles. The first-order chi connectivity index (χ1) is 7.67. The van der Waals surface area contributed by atoms with Crippen molar-refractivity contribution < 1.29 is 4.79 Å². The fourth-order valence-electron chi connectivity index (χ4n) is 1.08. The Morgan fingerprint density at radius 2 is 2.12 bits per heavy atom. The number of hydrogen-bond donors (Lipinski definition) is 1. The highest BCUT2D eigenvalue weighted by atomic mass is 79.9. The van der Waals surface area contributed by atoms with Crippen LogP contribution in [0.2, 0.25) is 0 Å². The number of hydrogen-bond acceptors (Lipinski definition) is 2. The summed E-state index contributed by atoms with van der Waals surface area (Å²) in [4.78, 5) is 11.3. The maximum atomic E-state index is 11.6. The average molecular weight is 302 g/mol. The molecule has 5 heteroatoms. The zero-order valence-corrected chi connectivity index (χ0v) is 10.8. The largest absolute Gasteiger partial charge is 0.325 e. The van der Waals surface area contributed by atoms with Crippen LogP contribution in [-0.2, 0) is 4.79 Å². The summed E-state index contributed by atoms with van der Waals surface area (Å²) >= 11 is 8.78. The Hall–Kier alpha value is -1.05. The number of nitriles is 1. The van der Waals surface area contributed by atoms with E-state index in [1.54, 1.807) is 24.3 Å². The Morgan fingerprint density at radius 1 is 1.50 bits per heavy atom. The van der Waals surface area contributed by atoms with Crippen LogP contribution in [0.1, 0.15) is 12.0 Å². The fourth-order valence-corrected chi connectivity index (χ4v) is 1.90. The number of rotatable bonds is 4. The van der Waals surface area contributed by atoms with Crippen molar-refractivity contribution in [1.82, 2.24) is 0 Å². The van der Waals surface area contributed by atoms with Gasteiger partial charge in [-0.2, -0.15) is 5.26 Å². The molecule has 1 unspecified atom stereocenters. The third-order valence-corrected chi connectivity index (χ3v) is 3.02. The molecule has 0 bridgehead atoms. The maximum Gasteiger partial charge on any atom is 0.238 e. The molecule has 0 aliphatic rings. The van der Waals surface area contributed by atoms with Crippen LogP contribution in [0.15, 0.2) is 24.3 Å². The van der Waals surface area contributed by atoms with Crippen LogP contribution in [0, 0.1) is 11.3 Å². The quantitative estimate of drug-likeness (QED) is 0.869. The van der Waals surface area contributed by atoms with Gasteiger partial charge in [0.25, 0.3) is 0 Å². The second-order valence-corrected chi connectivity index (χ2v) is 4.61. The van der Waals surface area contributed by atoms with Crippen LogP contribution in [0.3, 0.4) is 0 Å². The summed E-state index contributed by atoms with van der Waals surface area (Å²) in [6.07, 6.45) is 0.573. The standard InChI is InChI=1S/C11H10BrClN2O/c12-10(5-6-13)11(16)15-9-3-1-8(7-14)2-4-9/h1-4,10H,5-6H2,(H,15,16). The van der Waals surface area contributed by atoms with E-state index in [0.29, 0.717) is 23.6 Å². The first-order valence-corrected chi connectivity index (χ1v) is 6.13. The van der Waals surface area contributed by atoms with E-state index in [9.17, 15) is 4.79 Å². The monoisotopic (exact) mass is 300 g/mol. The predicted molar refractivity (Wildman–Crippen MR) is 67.8 cm³/mol. The number of nitrogens with zero attached hydrogens (tertiary/aromatic N) is 1. The highest BCUT2D eigenvalue weighted by molar-refractivity contribution is 9.10. The zero-order chi connectivity index (χ0) is 12.0. The minimum atomic E-state index is -0.291. The van der Waals surface area contributed by atoms with Gasteiger partial charge in [0.2, 0.25) is 5.91 Å². The Kier molecular flexibility index (Phi) is 5.30. The lowest BCUT2D eigenvalue weighted by Gasteiger charge is -2.09. The van der Waals surface area contributed by atoms with Gasteiger partial charge < -0.3 is 5.32 Å². The normalized spacial score (nSPS) is 11.6. The van der Waals surface area contributed by atoms with E-state index in [0.717, 1.165) is 0 Å². The molecule has 16 heavy (non-hydrogen) atoms. The summed E-state index contributed by atoms with van der Waals surface area (Å²) in [5.41, 5.74) is 1.23. The highest BCUT2D eigenvalue weighted by Gasteiger charge is 2.13. The molecule has 0 aromatic heterocycles. The van der Waals surface area contributed by atoms with Gasteiger partial charge in [0.1, 0.15) is 0 Å². The molecule has 0 fully saturated rings. The van der Waals surface area contributed by atoms with Crippen molar-refractivity contribution in [2.75, 3.05) is 11.2 Å². The zero-order valence-electron chi connectivity index (χ0n) is 8.41. The summed E-state index contributed by atoms with van der Waals surface area (Å²) in [7, 11) is 0. The lowest BCUT2D eigenvalue weighted by molar-refractivity contribution is -0.115. The van der Waals surface area contributed by atoms with E-state index in [-0.39, 0.29) is 10.7 Å². The van der Waals surface area contributed by atoms with Crippen molar-refractivity contribution in [3.8, 4) is 6.07 Å². The van der Waals surface area contributed by atoms with Gasteiger partial charge >= 0.3 is 0 Å². The molecule has 0 heterocycles. The smallest absolute Gasteiger partial charge is 0.238 e. The van der Waals surface area contributed by atoms with E-state index in [1.807, 2.05) is 6.07 Å². The maximum absolute atomic E-state index is 11.6. The number of anilines is 1. The number of carbonyl (C=O) groups is 1. The summed E-state index contributed by atoms with van der Waals surface area (Å²) in [5.74, 6) is 0.293. The van der Waals surface area contributed by atoms with Crippen molar-refractivity contribution in [1.29, 1.82) is 5.26 Å².